The molecule has 1 aromatic carbocycles. The first kappa shape index (κ1) is 17.0. The highest BCUT2D eigenvalue weighted by Crippen LogP contribution is 2.38. The fourth-order valence-corrected chi connectivity index (χ4v) is 4.11. The smallest absolute Gasteiger partial charge is 0.308 e. The summed E-state index contributed by atoms with van der Waals surface area (Å²) < 4.78 is 0. The zero-order valence-electron chi connectivity index (χ0n) is 14.4. The number of piperidine rings is 1. The Morgan fingerprint density at radius 1 is 1.21 bits per heavy atom. The van der Waals surface area contributed by atoms with Gasteiger partial charge in [-0.3, -0.25) is 9.59 Å². The maximum absolute atomic E-state index is 13.1. The zero-order valence-corrected chi connectivity index (χ0v) is 14.4. The molecule has 0 aliphatic carbocycles. The van der Waals surface area contributed by atoms with E-state index in [0.717, 1.165) is 37.1 Å². The summed E-state index contributed by atoms with van der Waals surface area (Å²) in [6.45, 7) is 6.54. The summed E-state index contributed by atoms with van der Waals surface area (Å²) in [5.41, 5.74) is 1.78. The van der Waals surface area contributed by atoms with Crippen LogP contribution in [0.15, 0.2) is 24.3 Å². The maximum Gasteiger partial charge on any atom is 0.308 e. The van der Waals surface area contributed by atoms with Gasteiger partial charge in [0, 0.05) is 24.4 Å². The molecule has 1 aromatic rings. The van der Waals surface area contributed by atoms with Crippen LogP contribution in [0.5, 0.6) is 0 Å². The molecule has 130 valence electrons. The summed E-state index contributed by atoms with van der Waals surface area (Å²) in [5, 5.41) is 13.0. The van der Waals surface area contributed by atoms with E-state index < -0.39 is 11.9 Å². The Morgan fingerprint density at radius 2 is 1.88 bits per heavy atom. The van der Waals surface area contributed by atoms with E-state index in [0.29, 0.717) is 13.1 Å². The summed E-state index contributed by atoms with van der Waals surface area (Å²) in [7, 11) is 0. The van der Waals surface area contributed by atoms with Crippen molar-refractivity contribution in [3.05, 3.63) is 35.4 Å². The van der Waals surface area contributed by atoms with Gasteiger partial charge in [0.15, 0.2) is 0 Å². The van der Waals surface area contributed by atoms with E-state index >= 15 is 0 Å². The first-order chi connectivity index (χ1) is 11.4. The third-order valence-electron chi connectivity index (χ3n) is 5.74. The standard InChI is InChI=1S/C19H26N2O3/c1-13-5-3-4-6-14(13)15-11-21(12-16(15)17(22)23)18(24)19(2)7-9-20-10-8-19/h3-6,15-16,20H,7-12H2,1-2H3,(H,22,23)/t15-,16+/m1/s1. The van der Waals surface area contributed by atoms with Gasteiger partial charge in [-0.1, -0.05) is 31.2 Å². The number of likely N-dealkylation sites (tertiary alicyclic amines) is 1. The predicted octanol–water partition coefficient (Wildman–Crippen LogP) is 2.01. The lowest BCUT2D eigenvalue weighted by atomic mass is 9.79. The van der Waals surface area contributed by atoms with Gasteiger partial charge in [-0.2, -0.15) is 0 Å². The van der Waals surface area contributed by atoms with Crippen molar-refractivity contribution in [2.24, 2.45) is 11.3 Å². The molecule has 2 fully saturated rings. The molecule has 3 rings (SSSR count). The highest BCUT2D eigenvalue weighted by atomic mass is 16.4. The Kier molecular flexibility index (Phi) is 4.63. The maximum atomic E-state index is 13.1. The average molecular weight is 330 g/mol. The first-order valence-electron chi connectivity index (χ1n) is 8.71. The Labute approximate surface area is 143 Å². The van der Waals surface area contributed by atoms with Gasteiger partial charge >= 0.3 is 5.97 Å². The topological polar surface area (TPSA) is 69.6 Å². The van der Waals surface area contributed by atoms with Crippen molar-refractivity contribution in [1.82, 2.24) is 10.2 Å². The molecule has 2 heterocycles. The van der Waals surface area contributed by atoms with Crippen molar-refractivity contribution in [3.63, 3.8) is 0 Å². The molecule has 5 nitrogen and oxygen atoms in total. The second-order valence-corrected chi connectivity index (χ2v) is 7.43. The molecule has 0 bridgehead atoms. The molecule has 0 unspecified atom stereocenters. The molecule has 24 heavy (non-hydrogen) atoms. The Morgan fingerprint density at radius 3 is 2.50 bits per heavy atom. The number of hydrogen-bond donors (Lipinski definition) is 2. The molecule has 0 aromatic heterocycles. The van der Waals surface area contributed by atoms with Gasteiger partial charge < -0.3 is 15.3 Å². The highest BCUT2D eigenvalue weighted by molar-refractivity contribution is 5.84. The molecule has 5 heteroatoms. The fraction of sp³-hybridized carbons (Fsp3) is 0.579. The number of carbonyl (C=O) groups excluding carboxylic acids is 1. The van der Waals surface area contributed by atoms with Crippen LogP contribution in [0, 0.1) is 18.3 Å². The molecule has 2 N–H and O–H groups in total. The number of hydrogen-bond acceptors (Lipinski definition) is 3. The SMILES string of the molecule is Cc1ccccc1[C@H]1CN(C(=O)C2(C)CCNCC2)C[C@@H]1C(=O)O. The summed E-state index contributed by atoms with van der Waals surface area (Å²) in [5.74, 6) is -1.35. The largest absolute Gasteiger partial charge is 0.481 e. The number of aryl methyl sites for hydroxylation is 1. The summed E-state index contributed by atoms with van der Waals surface area (Å²) in [4.78, 5) is 26.6. The van der Waals surface area contributed by atoms with Crippen LogP contribution in [0.2, 0.25) is 0 Å². The molecule has 0 radical (unpaired) electrons. The van der Waals surface area contributed by atoms with Crippen LogP contribution in [0.4, 0.5) is 0 Å². The third kappa shape index (κ3) is 3.05. The van der Waals surface area contributed by atoms with Gasteiger partial charge in [-0.25, -0.2) is 0 Å². The van der Waals surface area contributed by atoms with E-state index in [1.54, 1.807) is 4.90 Å². The van der Waals surface area contributed by atoms with Crippen molar-refractivity contribution < 1.29 is 14.7 Å². The minimum absolute atomic E-state index is 0.117. The Hall–Kier alpha value is -1.88. The third-order valence-corrected chi connectivity index (χ3v) is 5.74. The van der Waals surface area contributed by atoms with E-state index in [1.165, 1.54) is 0 Å². The normalized spacial score (nSPS) is 26.3. The minimum atomic E-state index is -0.811. The lowest BCUT2D eigenvalue weighted by Crippen LogP contribution is -2.47. The number of aliphatic carboxylic acids is 1. The number of nitrogens with one attached hydrogen (secondary N) is 1. The average Bonchev–Trinajstić information content (AvgIpc) is 3.00. The van der Waals surface area contributed by atoms with Crippen LogP contribution in [0.25, 0.3) is 0 Å². The monoisotopic (exact) mass is 330 g/mol. The molecule has 0 spiro atoms. The van der Waals surface area contributed by atoms with Gasteiger partial charge in [0.25, 0.3) is 0 Å². The van der Waals surface area contributed by atoms with Crippen molar-refractivity contribution >= 4 is 11.9 Å². The van der Waals surface area contributed by atoms with Gasteiger partial charge in [0.1, 0.15) is 0 Å². The van der Waals surface area contributed by atoms with Crippen LogP contribution in [0.1, 0.15) is 36.8 Å². The fourth-order valence-electron chi connectivity index (χ4n) is 4.11. The summed E-state index contributed by atoms with van der Waals surface area (Å²) >= 11 is 0. The van der Waals surface area contributed by atoms with Crippen molar-refractivity contribution in [2.75, 3.05) is 26.2 Å². The van der Waals surface area contributed by atoms with Crippen LogP contribution in [0.3, 0.4) is 0 Å². The first-order valence-corrected chi connectivity index (χ1v) is 8.71. The van der Waals surface area contributed by atoms with Gasteiger partial charge in [0.05, 0.1) is 5.92 Å². The Balaban J connectivity index is 1.84. The van der Waals surface area contributed by atoms with Crippen LogP contribution in [-0.2, 0) is 9.59 Å². The van der Waals surface area contributed by atoms with Gasteiger partial charge in [-0.15, -0.1) is 0 Å². The van der Waals surface area contributed by atoms with Crippen molar-refractivity contribution in [3.8, 4) is 0 Å². The number of carbonyl (C=O) groups is 2. The number of benzene rings is 1. The number of rotatable bonds is 3. The molecule has 2 saturated heterocycles. The van der Waals surface area contributed by atoms with Crippen LogP contribution >= 0.6 is 0 Å². The summed E-state index contributed by atoms with van der Waals surface area (Å²) in [6.07, 6.45) is 1.63. The second kappa shape index (κ2) is 6.55. The molecular weight excluding hydrogens is 304 g/mol. The zero-order chi connectivity index (χ0) is 17.3. The number of carboxylic acids is 1. The molecule has 2 aliphatic rings. The van der Waals surface area contributed by atoms with E-state index in [1.807, 2.05) is 38.1 Å². The van der Waals surface area contributed by atoms with Crippen molar-refractivity contribution in [1.29, 1.82) is 0 Å². The van der Waals surface area contributed by atoms with Crippen molar-refractivity contribution in [2.45, 2.75) is 32.6 Å². The second-order valence-electron chi connectivity index (χ2n) is 7.43. The van der Waals surface area contributed by atoms with Gasteiger partial charge in [0.2, 0.25) is 5.91 Å². The molecule has 0 saturated carbocycles. The van der Waals surface area contributed by atoms with Crippen LogP contribution in [-0.4, -0.2) is 48.1 Å². The van der Waals surface area contributed by atoms with Crippen LogP contribution < -0.4 is 5.32 Å². The lowest BCUT2D eigenvalue weighted by molar-refractivity contribution is -0.143. The van der Waals surface area contributed by atoms with E-state index in [9.17, 15) is 14.7 Å². The lowest BCUT2D eigenvalue weighted by Gasteiger charge is -2.36. The quantitative estimate of drug-likeness (QED) is 0.889. The summed E-state index contributed by atoms with van der Waals surface area (Å²) in [6, 6.07) is 7.91. The molecular formula is C19H26N2O3. The predicted molar refractivity (Wildman–Crippen MR) is 91.8 cm³/mol. The number of carboxylic acid groups (broad SMARTS) is 1. The van der Waals surface area contributed by atoms with E-state index in [2.05, 4.69) is 5.32 Å². The number of nitrogens with zero attached hydrogens (tertiary/aromatic N) is 1. The minimum Gasteiger partial charge on any atom is -0.481 e. The van der Waals surface area contributed by atoms with Gasteiger partial charge in [-0.05, 0) is 44.0 Å². The molecule has 2 aliphatic heterocycles. The number of amides is 1. The highest BCUT2D eigenvalue weighted by Gasteiger charge is 2.45. The molecule has 2 atom stereocenters. The van der Waals surface area contributed by atoms with E-state index in [4.69, 9.17) is 0 Å². The molecule has 1 amide bonds. The van der Waals surface area contributed by atoms with E-state index in [-0.39, 0.29) is 17.2 Å². The Bertz CT molecular complexity index is 637.